The van der Waals surface area contributed by atoms with E-state index in [0.717, 1.165) is 26.2 Å². The number of para-hydroxylation sites is 1. The molecule has 2 aromatic rings. The highest BCUT2D eigenvalue weighted by molar-refractivity contribution is 5.94. The van der Waals surface area contributed by atoms with Crippen LogP contribution in [0.4, 0.5) is 15.8 Å². The molecular weight excluding hydrogens is 329 g/mol. The second-order valence-corrected chi connectivity index (χ2v) is 6.94. The molecule has 1 N–H and O–H groups in total. The van der Waals surface area contributed by atoms with Gasteiger partial charge in [-0.2, -0.15) is 0 Å². The van der Waals surface area contributed by atoms with Crippen molar-refractivity contribution in [1.29, 1.82) is 0 Å². The van der Waals surface area contributed by atoms with E-state index < -0.39 is 0 Å². The van der Waals surface area contributed by atoms with Crippen molar-refractivity contribution in [2.45, 2.75) is 26.8 Å². The smallest absolute Gasteiger partial charge is 0.241 e. The molecule has 1 fully saturated rings. The van der Waals surface area contributed by atoms with E-state index in [9.17, 15) is 9.18 Å². The predicted octanol–water partition coefficient (Wildman–Crippen LogP) is 3.59. The van der Waals surface area contributed by atoms with Crippen molar-refractivity contribution in [2.24, 2.45) is 0 Å². The van der Waals surface area contributed by atoms with Gasteiger partial charge in [-0.1, -0.05) is 24.3 Å². The second kappa shape index (κ2) is 7.87. The maximum absolute atomic E-state index is 13.7. The standard InChI is InChI=1S/C21H26FN3O/c1-15-8-9-18(14-19(15)22)23-21(26)17(3)24-10-12-25(13-11-24)20-7-5-4-6-16(20)2/h4-9,14,17H,10-13H2,1-3H3,(H,23,26). The molecule has 26 heavy (non-hydrogen) atoms. The summed E-state index contributed by atoms with van der Waals surface area (Å²) in [6.45, 7) is 9.17. The van der Waals surface area contributed by atoms with Crippen LogP contribution in [0.1, 0.15) is 18.1 Å². The average molecular weight is 355 g/mol. The zero-order valence-corrected chi connectivity index (χ0v) is 15.6. The Hall–Kier alpha value is -2.40. The summed E-state index contributed by atoms with van der Waals surface area (Å²) < 4.78 is 13.7. The minimum atomic E-state index is -0.303. The molecule has 1 saturated heterocycles. The number of piperazine rings is 1. The number of nitrogens with zero attached hydrogens (tertiary/aromatic N) is 2. The van der Waals surface area contributed by atoms with Crippen LogP contribution in [0.25, 0.3) is 0 Å². The number of nitrogens with one attached hydrogen (secondary N) is 1. The number of halogens is 1. The molecule has 5 heteroatoms. The average Bonchev–Trinajstić information content (AvgIpc) is 2.65. The number of benzene rings is 2. The number of amides is 1. The van der Waals surface area contributed by atoms with Crippen molar-refractivity contribution in [3.63, 3.8) is 0 Å². The van der Waals surface area contributed by atoms with Gasteiger partial charge in [0.15, 0.2) is 0 Å². The van der Waals surface area contributed by atoms with Crippen LogP contribution in [0.2, 0.25) is 0 Å². The zero-order chi connectivity index (χ0) is 18.7. The maximum atomic E-state index is 13.7. The van der Waals surface area contributed by atoms with Gasteiger partial charge >= 0.3 is 0 Å². The highest BCUT2D eigenvalue weighted by Gasteiger charge is 2.26. The lowest BCUT2D eigenvalue weighted by Crippen LogP contribution is -2.53. The first kappa shape index (κ1) is 18.4. The van der Waals surface area contributed by atoms with E-state index in [0.29, 0.717) is 11.3 Å². The SMILES string of the molecule is Cc1ccc(NC(=O)C(C)N2CCN(c3ccccc3C)CC2)cc1F. The summed E-state index contributed by atoms with van der Waals surface area (Å²) in [4.78, 5) is 17.1. The molecule has 1 aliphatic rings. The van der Waals surface area contributed by atoms with Crippen molar-refractivity contribution in [2.75, 3.05) is 36.4 Å². The first-order valence-corrected chi connectivity index (χ1v) is 9.07. The predicted molar refractivity (Wildman–Crippen MR) is 104 cm³/mol. The minimum Gasteiger partial charge on any atom is -0.369 e. The van der Waals surface area contributed by atoms with Crippen molar-refractivity contribution in [1.82, 2.24) is 4.90 Å². The molecule has 0 aromatic heterocycles. The summed E-state index contributed by atoms with van der Waals surface area (Å²) >= 11 is 0. The third kappa shape index (κ3) is 4.05. The third-order valence-electron chi connectivity index (χ3n) is 5.14. The van der Waals surface area contributed by atoms with Gasteiger partial charge in [0, 0.05) is 37.6 Å². The van der Waals surface area contributed by atoms with Crippen LogP contribution in [0.15, 0.2) is 42.5 Å². The van der Waals surface area contributed by atoms with Crippen molar-refractivity contribution < 1.29 is 9.18 Å². The number of rotatable bonds is 4. The summed E-state index contributed by atoms with van der Waals surface area (Å²) in [7, 11) is 0. The van der Waals surface area contributed by atoms with Crippen LogP contribution in [-0.2, 0) is 4.79 Å². The Morgan fingerprint density at radius 2 is 1.73 bits per heavy atom. The maximum Gasteiger partial charge on any atom is 0.241 e. The van der Waals surface area contributed by atoms with E-state index in [2.05, 4.69) is 46.3 Å². The summed E-state index contributed by atoms with van der Waals surface area (Å²) in [5.74, 6) is -0.403. The quantitative estimate of drug-likeness (QED) is 0.910. The molecule has 1 unspecified atom stereocenters. The van der Waals surface area contributed by atoms with Gasteiger partial charge in [-0.15, -0.1) is 0 Å². The number of carbonyl (C=O) groups excluding carboxylic acids is 1. The molecule has 138 valence electrons. The number of hydrogen-bond donors (Lipinski definition) is 1. The first-order chi connectivity index (χ1) is 12.5. The number of carbonyl (C=O) groups is 1. The van der Waals surface area contributed by atoms with Crippen molar-refractivity contribution in [3.8, 4) is 0 Å². The normalized spacial score (nSPS) is 16.4. The number of aryl methyl sites for hydroxylation is 2. The third-order valence-corrected chi connectivity index (χ3v) is 5.14. The Morgan fingerprint density at radius 1 is 1.04 bits per heavy atom. The summed E-state index contributed by atoms with van der Waals surface area (Å²) in [5.41, 5.74) is 3.61. The molecule has 0 aliphatic carbocycles. The molecule has 0 saturated carbocycles. The van der Waals surface area contributed by atoms with E-state index in [-0.39, 0.29) is 17.8 Å². The van der Waals surface area contributed by atoms with Crippen molar-refractivity contribution >= 4 is 17.3 Å². The summed E-state index contributed by atoms with van der Waals surface area (Å²) in [6.07, 6.45) is 0. The van der Waals surface area contributed by atoms with Gasteiger partial charge in [0.25, 0.3) is 0 Å². The lowest BCUT2D eigenvalue weighted by atomic mass is 10.1. The van der Waals surface area contributed by atoms with Crippen molar-refractivity contribution in [3.05, 3.63) is 59.4 Å². The van der Waals surface area contributed by atoms with Crippen LogP contribution in [0, 0.1) is 19.7 Å². The molecule has 0 radical (unpaired) electrons. The Balaban J connectivity index is 1.57. The summed E-state index contributed by atoms with van der Waals surface area (Å²) in [5, 5.41) is 2.82. The Kier molecular flexibility index (Phi) is 5.57. The number of anilines is 2. The monoisotopic (exact) mass is 355 g/mol. The molecule has 1 aliphatic heterocycles. The Bertz CT molecular complexity index is 785. The lowest BCUT2D eigenvalue weighted by Gasteiger charge is -2.39. The highest BCUT2D eigenvalue weighted by Crippen LogP contribution is 2.21. The van der Waals surface area contributed by atoms with Gasteiger partial charge in [-0.3, -0.25) is 9.69 Å². The zero-order valence-electron chi connectivity index (χ0n) is 15.6. The largest absolute Gasteiger partial charge is 0.369 e. The lowest BCUT2D eigenvalue weighted by molar-refractivity contribution is -0.120. The highest BCUT2D eigenvalue weighted by atomic mass is 19.1. The van der Waals surface area contributed by atoms with Gasteiger partial charge in [0.05, 0.1) is 6.04 Å². The van der Waals surface area contributed by atoms with Gasteiger partial charge in [0.1, 0.15) is 5.82 Å². The Labute approximate surface area is 154 Å². The first-order valence-electron chi connectivity index (χ1n) is 9.07. The van der Waals surface area contributed by atoms with Gasteiger partial charge in [-0.25, -0.2) is 4.39 Å². The van der Waals surface area contributed by atoms with Crippen LogP contribution < -0.4 is 10.2 Å². The Morgan fingerprint density at radius 3 is 2.38 bits per heavy atom. The molecule has 1 amide bonds. The van der Waals surface area contributed by atoms with Crippen LogP contribution in [-0.4, -0.2) is 43.0 Å². The fourth-order valence-corrected chi connectivity index (χ4v) is 3.35. The van der Waals surface area contributed by atoms with Crippen LogP contribution in [0.3, 0.4) is 0 Å². The molecular formula is C21H26FN3O. The minimum absolute atomic E-state index is 0.0994. The number of hydrogen-bond acceptors (Lipinski definition) is 3. The molecule has 3 rings (SSSR count). The van der Waals surface area contributed by atoms with E-state index in [1.54, 1.807) is 19.1 Å². The second-order valence-electron chi connectivity index (χ2n) is 6.94. The van der Waals surface area contributed by atoms with Gasteiger partial charge < -0.3 is 10.2 Å². The molecule has 0 spiro atoms. The fourth-order valence-electron chi connectivity index (χ4n) is 3.35. The topological polar surface area (TPSA) is 35.6 Å². The fraction of sp³-hybridized carbons (Fsp3) is 0.381. The van der Waals surface area contributed by atoms with E-state index >= 15 is 0 Å². The molecule has 1 heterocycles. The molecule has 0 bridgehead atoms. The molecule has 1 atom stereocenters. The molecule has 2 aromatic carbocycles. The van der Waals surface area contributed by atoms with Crippen LogP contribution >= 0.6 is 0 Å². The van der Waals surface area contributed by atoms with Gasteiger partial charge in [-0.05, 0) is 50.1 Å². The van der Waals surface area contributed by atoms with Crippen LogP contribution in [0.5, 0.6) is 0 Å². The van der Waals surface area contributed by atoms with Gasteiger partial charge in [0.2, 0.25) is 5.91 Å². The molecule has 4 nitrogen and oxygen atoms in total. The van der Waals surface area contributed by atoms with E-state index in [1.807, 2.05) is 6.92 Å². The summed E-state index contributed by atoms with van der Waals surface area (Å²) in [6, 6.07) is 12.9. The van der Waals surface area contributed by atoms with E-state index in [1.165, 1.54) is 17.3 Å². The van der Waals surface area contributed by atoms with E-state index in [4.69, 9.17) is 0 Å².